The highest BCUT2D eigenvalue weighted by atomic mass is 19.1. The summed E-state index contributed by atoms with van der Waals surface area (Å²) in [6.07, 6.45) is 7.92. The molecule has 8 rings (SSSR count). The third-order valence-electron chi connectivity index (χ3n) is 11.3. The largest absolute Gasteiger partial charge is 0.508 e. The Morgan fingerprint density at radius 1 is 1.20 bits per heavy atom. The molecule has 2 aromatic carbocycles. The molecule has 12 heteroatoms. The predicted molar refractivity (Wildman–Crippen MR) is 186 cm³/mol. The van der Waals surface area contributed by atoms with Crippen LogP contribution in [0.3, 0.4) is 0 Å². The van der Waals surface area contributed by atoms with Crippen molar-refractivity contribution < 1.29 is 23.8 Å². The number of aromatic nitrogens is 3. The third kappa shape index (κ3) is 5.78. The second kappa shape index (κ2) is 12.9. The Morgan fingerprint density at radius 2 is 2.10 bits per heavy atom. The Balaban J connectivity index is 1.19. The number of phenolic OH excluding ortho intramolecular Hbond substituents is 1. The minimum absolute atomic E-state index is 0.0486. The molecule has 1 amide bonds. The van der Waals surface area contributed by atoms with E-state index in [9.17, 15) is 9.90 Å². The number of halogens is 1. The highest BCUT2D eigenvalue weighted by Gasteiger charge is 2.50. The van der Waals surface area contributed by atoms with E-state index in [0.717, 1.165) is 87.5 Å². The normalized spacial score (nSPS) is 25.1. The number of carbonyl (C=O) groups is 1. The molecule has 4 aliphatic rings. The number of alkyl carbamates (subject to hydrolysis) is 1. The summed E-state index contributed by atoms with van der Waals surface area (Å²) in [4.78, 5) is 30.8. The number of ether oxygens (including phenoxy) is 2. The summed E-state index contributed by atoms with van der Waals surface area (Å²) in [6.45, 7) is 6.24. The maximum atomic E-state index is 17.0. The average Bonchev–Trinajstić information content (AvgIpc) is 3.78. The van der Waals surface area contributed by atoms with Crippen molar-refractivity contribution in [3.63, 3.8) is 0 Å². The van der Waals surface area contributed by atoms with Crippen molar-refractivity contribution in [3.8, 4) is 23.0 Å². The molecule has 2 bridgehead atoms. The van der Waals surface area contributed by atoms with Gasteiger partial charge in [-0.3, -0.25) is 9.88 Å². The van der Waals surface area contributed by atoms with Gasteiger partial charge in [0.15, 0.2) is 5.82 Å². The van der Waals surface area contributed by atoms with Crippen molar-refractivity contribution in [2.45, 2.75) is 69.5 Å². The van der Waals surface area contributed by atoms with E-state index >= 15 is 4.39 Å². The van der Waals surface area contributed by atoms with Crippen LogP contribution in [0.15, 0.2) is 36.5 Å². The van der Waals surface area contributed by atoms with Crippen molar-refractivity contribution in [2.75, 3.05) is 51.3 Å². The molecule has 258 valence electrons. The van der Waals surface area contributed by atoms with Crippen LogP contribution in [-0.4, -0.2) is 95.1 Å². The van der Waals surface area contributed by atoms with Crippen LogP contribution in [0.5, 0.6) is 11.8 Å². The minimum atomic E-state index is -0.564. The molecule has 4 fully saturated rings. The Morgan fingerprint density at radius 3 is 2.96 bits per heavy atom. The Hall–Kier alpha value is -4.29. The fourth-order valence-electron chi connectivity index (χ4n) is 8.87. The number of aryl methyl sites for hydroxylation is 1. The lowest BCUT2D eigenvalue weighted by Crippen LogP contribution is -2.48. The van der Waals surface area contributed by atoms with Crippen LogP contribution in [0.25, 0.3) is 32.9 Å². The quantitative estimate of drug-likeness (QED) is 0.231. The average molecular weight is 670 g/mol. The summed E-state index contributed by atoms with van der Waals surface area (Å²) in [5, 5.41) is 19.1. The van der Waals surface area contributed by atoms with E-state index in [2.05, 4.69) is 27.4 Å². The van der Waals surface area contributed by atoms with Gasteiger partial charge in [0.2, 0.25) is 0 Å². The first-order valence-electron chi connectivity index (χ1n) is 17.7. The third-order valence-corrected chi connectivity index (χ3v) is 11.3. The van der Waals surface area contributed by atoms with E-state index in [0.29, 0.717) is 41.9 Å². The van der Waals surface area contributed by atoms with Crippen LogP contribution in [0.2, 0.25) is 0 Å². The SMILES string of the molecule is CCc1cccc2cc(O)cc(-c3ncc4c(N5CCC6CNC(C6)C5)nc(OC[C@]56CCCN5[C@@H](COC(=O)NC)CC6)nc4c3F)c12. The standard InChI is InChI=1S/C37H44FN7O4/c1-3-23-6-4-7-24-15-27(46)16-28(30(23)24)32-31(38)33-29(18-41-32)34(44-13-9-22-14-25(19-44)40-17-22)43-35(42-33)49-21-37-10-5-12-45(37)26(8-11-37)20-48-36(47)39-2/h4,6-7,15-16,18,22,25-26,40,46H,3,5,8-14,17,19-21H2,1-2H3,(H,39,47)/t22?,25?,26-,37-/m1/s1. The molecular weight excluding hydrogens is 625 g/mol. The van der Waals surface area contributed by atoms with E-state index in [1.807, 2.05) is 18.2 Å². The molecule has 6 heterocycles. The molecule has 0 radical (unpaired) electrons. The lowest BCUT2D eigenvalue weighted by Gasteiger charge is -2.34. The number of rotatable bonds is 8. The van der Waals surface area contributed by atoms with Gasteiger partial charge in [-0.15, -0.1) is 0 Å². The van der Waals surface area contributed by atoms with E-state index < -0.39 is 11.9 Å². The number of nitrogens with zero attached hydrogens (tertiary/aromatic N) is 5. The number of phenols is 1. The number of hydrogen-bond acceptors (Lipinski definition) is 10. The molecule has 2 aromatic heterocycles. The summed E-state index contributed by atoms with van der Waals surface area (Å²) >= 11 is 0. The van der Waals surface area contributed by atoms with Crippen LogP contribution in [0, 0.1) is 11.7 Å². The van der Waals surface area contributed by atoms with Crippen molar-refractivity contribution >= 4 is 33.6 Å². The molecule has 4 saturated heterocycles. The van der Waals surface area contributed by atoms with Gasteiger partial charge < -0.3 is 30.1 Å². The fraction of sp³-hybridized carbons (Fsp3) is 0.514. The number of aromatic hydroxyl groups is 1. The van der Waals surface area contributed by atoms with Crippen LogP contribution >= 0.6 is 0 Å². The maximum Gasteiger partial charge on any atom is 0.406 e. The molecule has 3 N–H and O–H groups in total. The topological polar surface area (TPSA) is 125 Å². The summed E-state index contributed by atoms with van der Waals surface area (Å²) < 4.78 is 28.9. The second-order valence-electron chi connectivity index (χ2n) is 14.2. The summed E-state index contributed by atoms with van der Waals surface area (Å²) in [5.74, 6) is 0.729. The molecular formula is C37H44FN7O4. The number of anilines is 1. The van der Waals surface area contributed by atoms with Gasteiger partial charge in [0.1, 0.15) is 36.0 Å². The first kappa shape index (κ1) is 31.9. The molecule has 4 aliphatic heterocycles. The van der Waals surface area contributed by atoms with Gasteiger partial charge in [-0.05, 0) is 92.4 Å². The number of hydrogen-bond donors (Lipinski definition) is 3. The molecule has 0 aliphatic carbocycles. The molecule has 11 nitrogen and oxygen atoms in total. The van der Waals surface area contributed by atoms with E-state index in [1.165, 1.54) is 0 Å². The number of pyridine rings is 1. The Labute approximate surface area is 285 Å². The first-order valence-corrected chi connectivity index (χ1v) is 17.7. The first-order chi connectivity index (χ1) is 23.9. The molecule has 49 heavy (non-hydrogen) atoms. The van der Waals surface area contributed by atoms with E-state index in [1.54, 1.807) is 25.4 Å². The number of fused-ring (bicyclic) bond motifs is 5. The summed E-state index contributed by atoms with van der Waals surface area (Å²) in [6, 6.07) is 9.79. The number of amides is 1. The zero-order chi connectivity index (χ0) is 33.7. The lowest BCUT2D eigenvalue weighted by molar-refractivity contribution is 0.0556. The maximum absolute atomic E-state index is 17.0. The molecule has 4 atom stereocenters. The van der Waals surface area contributed by atoms with Crippen LogP contribution in [0.1, 0.15) is 51.0 Å². The molecule has 4 aromatic rings. The Bertz CT molecular complexity index is 1910. The number of carbonyl (C=O) groups excluding carboxylic acids is 1. The van der Waals surface area contributed by atoms with Gasteiger partial charge in [-0.1, -0.05) is 25.1 Å². The van der Waals surface area contributed by atoms with Crippen molar-refractivity contribution in [1.29, 1.82) is 0 Å². The minimum Gasteiger partial charge on any atom is -0.508 e. The second-order valence-corrected chi connectivity index (χ2v) is 14.2. The summed E-state index contributed by atoms with van der Waals surface area (Å²) in [5.41, 5.74) is 1.64. The van der Waals surface area contributed by atoms with Gasteiger partial charge in [-0.25, -0.2) is 9.18 Å². The molecule has 2 unspecified atom stereocenters. The van der Waals surface area contributed by atoms with Crippen LogP contribution < -0.4 is 20.3 Å². The van der Waals surface area contributed by atoms with Gasteiger partial charge >= 0.3 is 12.1 Å². The van der Waals surface area contributed by atoms with Crippen LogP contribution in [0.4, 0.5) is 15.0 Å². The van der Waals surface area contributed by atoms with E-state index in [4.69, 9.17) is 24.4 Å². The molecule has 0 spiro atoms. The van der Waals surface area contributed by atoms with Crippen LogP contribution in [-0.2, 0) is 11.2 Å². The predicted octanol–water partition coefficient (Wildman–Crippen LogP) is 5.17. The van der Waals surface area contributed by atoms with Gasteiger partial charge in [0, 0.05) is 44.0 Å². The van der Waals surface area contributed by atoms with E-state index in [-0.39, 0.29) is 34.6 Å². The highest BCUT2D eigenvalue weighted by molar-refractivity contribution is 6.01. The zero-order valence-electron chi connectivity index (χ0n) is 28.2. The Kier molecular flexibility index (Phi) is 8.39. The number of nitrogens with one attached hydrogen (secondary N) is 2. The van der Waals surface area contributed by atoms with Crippen molar-refractivity contribution in [3.05, 3.63) is 47.9 Å². The smallest absolute Gasteiger partial charge is 0.406 e. The van der Waals surface area contributed by atoms with Gasteiger partial charge in [0.05, 0.1) is 10.9 Å². The fourth-order valence-corrected chi connectivity index (χ4v) is 8.87. The van der Waals surface area contributed by atoms with Crippen molar-refractivity contribution in [2.24, 2.45) is 5.92 Å². The summed E-state index contributed by atoms with van der Waals surface area (Å²) in [7, 11) is 1.56. The van der Waals surface area contributed by atoms with Gasteiger partial charge in [-0.2, -0.15) is 9.97 Å². The zero-order valence-corrected chi connectivity index (χ0v) is 28.2. The van der Waals surface area contributed by atoms with Gasteiger partial charge in [0.25, 0.3) is 0 Å². The molecule has 0 saturated carbocycles. The number of benzene rings is 2. The highest BCUT2D eigenvalue weighted by Crippen LogP contribution is 2.43. The monoisotopic (exact) mass is 669 g/mol. The van der Waals surface area contributed by atoms with Crippen molar-refractivity contribution in [1.82, 2.24) is 30.5 Å². The lowest BCUT2D eigenvalue weighted by atomic mass is 9.95.